The van der Waals surface area contributed by atoms with Crippen molar-refractivity contribution in [2.45, 2.75) is 57.7 Å². The van der Waals surface area contributed by atoms with E-state index in [1.807, 2.05) is 105 Å². The summed E-state index contributed by atoms with van der Waals surface area (Å²) in [5, 5.41) is 1.04. The van der Waals surface area contributed by atoms with Crippen molar-refractivity contribution in [3.8, 4) is 5.75 Å². The number of aromatic nitrogens is 1. The molecule has 208 valence electrons. The molecule has 0 saturated carbocycles. The van der Waals surface area contributed by atoms with Crippen LogP contribution in [0.5, 0.6) is 5.75 Å². The molecule has 0 fully saturated rings. The molecule has 1 amide bonds. The van der Waals surface area contributed by atoms with Crippen LogP contribution in [0.1, 0.15) is 42.9 Å². The minimum Gasteiger partial charge on any atom is -0.491 e. The van der Waals surface area contributed by atoms with Gasteiger partial charge in [-0.1, -0.05) is 77.8 Å². The highest BCUT2D eigenvalue weighted by Gasteiger charge is 2.31. The SMILES string of the molecule is CC(C)Oc1cccc(CC(=O)N(C)C(Cc2ccccc2)C(CC[n+]2ccccc2)c2ccc(Cl)c(Cl)c2)c1. The Morgan fingerprint density at radius 2 is 1.55 bits per heavy atom. The fourth-order valence-corrected chi connectivity index (χ4v) is 5.39. The van der Waals surface area contributed by atoms with Gasteiger partial charge in [0.05, 0.1) is 22.6 Å². The Labute approximate surface area is 248 Å². The lowest BCUT2D eigenvalue weighted by molar-refractivity contribution is -0.697. The lowest BCUT2D eigenvalue weighted by Crippen LogP contribution is -2.44. The molecule has 0 aliphatic rings. The zero-order valence-electron chi connectivity index (χ0n) is 23.3. The first-order valence-corrected chi connectivity index (χ1v) is 14.5. The summed E-state index contributed by atoms with van der Waals surface area (Å²) in [4.78, 5) is 15.8. The number of likely N-dealkylation sites (N-methyl/N-ethyl adjacent to an activating group) is 1. The Bertz CT molecular complexity index is 1380. The number of benzene rings is 3. The Morgan fingerprint density at radius 1 is 0.850 bits per heavy atom. The van der Waals surface area contributed by atoms with Crippen molar-refractivity contribution < 1.29 is 14.1 Å². The van der Waals surface area contributed by atoms with Crippen LogP contribution in [-0.2, 0) is 24.2 Å². The molecule has 1 heterocycles. The maximum Gasteiger partial charge on any atom is 0.227 e. The van der Waals surface area contributed by atoms with Crippen molar-refractivity contribution in [1.82, 2.24) is 4.90 Å². The van der Waals surface area contributed by atoms with Crippen LogP contribution in [0.25, 0.3) is 0 Å². The predicted molar refractivity (Wildman–Crippen MR) is 163 cm³/mol. The molecule has 0 aliphatic heterocycles. The molecular weight excluding hydrogens is 539 g/mol. The second kappa shape index (κ2) is 14.3. The van der Waals surface area contributed by atoms with Gasteiger partial charge in [-0.05, 0) is 61.2 Å². The molecule has 0 N–H and O–H groups in total. The van der Waals surface area contributed by atoms with Gasteiger partial charge in [-0.3, -0.25) is 4.79 Å². The maximum atomic E-state index is 13.8. The van der Waals surface area contributed by atoms with Crippen LogP contribution in [-0.4, -0.2) is 30.0 Å². The van der Waals surface area contributed by atoms with E-state index in [0.29, 0.717) is 22.9 Å². The number of aryl methyl sites for hydroxylation is 1. The highest BCUT2D eigenvalue weighted by atomic mass is 35.5. The van der Waals surface area contributed by atoms with Gasteiger partial charge < -0.3 is 9.64 Å². The van der Waals surface area contributed by atoms with Crippen LogP contribution < -0.4 is 9.30 Å². The van der Waals surface area contributed by atoms with Crippen LogP contribution in [0.15, 0.2) is 103 Å². The molecule has 40 heavy (non-hydrogen) atoms. The third kappa shape index (κ3) is 8.33. The monoisotopic (exact) mass is 575 g/mol. The highest BCUT2D eigenvalue weighted by Crippen LogP contribution is 2.33. The summed E-state index contributed by atoms with van der Waals surface area (Å²) < 4.78 is 8.04. The molecule has 0 spiro atoms. The number of pyridine rings is 1. The number of rotatable bonds is 12. The normalized spacial score (nSPS) is 12.7. The van der Waals surface area contributed by atoms with Crippen molar-refractivity contribution in [3.05, 3.63) is 130 Å². The molecule has 0 aliphatic carbocycles. The quantitative estimate of drug-likeness (QED) is 0.163. The number of halogens is 2. The number of carbonyl (C=O) groups excluding carboxylic acids is 1. The molecule has 6 heteroatoms. The van der Waals surface area contributed by atoms with Gasteiger partial charge in [0.25, 0.3) is 0 Å². The van der Waals surface area contributed by atoms with E-state index in [4.69, 9.17) is 27.9 Å². The number of hydrogen-bond acceptors (Lipinski definition) is 2. The molecular formula is C34H37Cl2N2O2+. The van der Waals surface area contributed by atoms with E-state index in [9.17, 15) is 4.79 Å². The summed E-state index contributed by atoms with van der Waals surface area (Å²) in [6.45, 7) is 4.79. The second-order valence-corrected chi connectivity index (χ2v) is 11.2. The molecule has 4 aromatic rings. The molecule has 0 radical (unpaired) electrons. The van der Waals surface area contributed by atoms with E-state index in [2.05, 4.69) is 29.1 Å². The van der Waals surface area contributed by atoms with E-state index in [0.717, 1.165) is 29.8 Å². The minimum atomic E-state index is -0.105. The number of amides is 1. The summed E-state index contributed by atoms with van der Waals surface area (Å²) in [5.41, 5.74) is 3.18. The van der Waals surface area contributed by atoms with Gasteiger partial charge in [-0.15, -0.1) is 0 Å². The summed E-state index contributed by atoms with van der Waals surface area (Å²) in [6.07, 6.45) is 6.03. The average Bonchev–Trinajstić information content (AvgIpc) is 2.95. The highest BCUT2D eigenvalue weighted by molar-refractivity contribution is 6.42. The Kier molecular flexibility index (Phi) is 10.6. The van der Waals surface area contributed by atoms with Gasteiger partial charge in [0.2, 0.25) is 5.91 Å². The topological polar surface area (TPSA) is 33.4 Å². The molecule has 4 nitrogen and oxygen atoms in total. The third-order valence-corrected chi connectivity index (χ3v) is 7.86. The smallest absolute Gasteiger partial charge is 0.227 e. The zero-order valence-corrected chi connectivity index (χ0v) is 24.9. The van der Waals surface area contributed by atoms with Gasteiger partial charge in [0.1, 0.15) is 12.3 Å². The number of hydrogen-bond donors (Lipinski definition) is 0. The lowest BCUT2D eigenvalue weighted by atomic mass is 9.84. The van der Waals surface area contributed by atoms with Gasteiger partial charge in [0, 0.05) is 37.6 Å². The zero-order chi connectivity index (χ0) is 28.5. The molecule has 1 aromatic heterocycles. The van der Waals surface area contributed by atoms with Crippen molar-refractivity contribution in [2.75, 3.05) is 7.05 Å². The molecule has 0 bridgehead atoms. The molecule has 2 atom stereocenters. The van der Waals surface area contributed by atoms with Crippen molar-refractivity contribution in [1.29, 1.82) is 0 Å². The number of carbonyl (C=O) groups is 1. The van der Waals surface area contributed by atoms with E-state index in [1.165, 1.54) is 5.56 Å². The standard InChI is InChI=1S/C34H37Cl2N2O2/c1-25(2)40-29-14-10-13-27(21-29)23-34(39)37(3)33(22-26-11-6-4-7-12-26)30(17-20-38-18-8-5-9-19-38)28-15-16-31(35)32(36)24-28/h4-16,18-19,21,24-25,30,33H,17,20,22-23H2,1-3H3/q+1. The number of ether oxygens (including phenoxy) is 1. The average molecular weight is 577 g/mol. The molecule has 4 rings (SSSR count). The van der Waals surface area contributed by atoms with Gasteiger partial charge in [-0.2, -0.15) is 0 Å². The van der Waals surface area contributed by atoms with Crippen molar-refractivity contribution >= 4 is 29.1 Å². The van der Waals surface area contributed by atoms with E-state index in [1.54, 1.807) is 0 Å². The van der Waals surface area contributed by atoms with Crippen molar-refractivity contribution in [3.63, 3.8) is 0 Å². The van der Waals surface area contributed by atoms with Crippen LogP contribution in [0.4, 0.5) is 0 Å². The lowest BCUT2D eigenvalue weighted by Gasteiger charge is -2.35. The van der Waals surface area contributed by atoms with Crippen LogP contribution >= 0.6 is 23.2 Å². The maximum absolute atomic E-state index is 13.8. The molecule has 2 unspecified atom stereocenters. The van der Waals surface area contributed by atoms with Gasteiger partial charge in [0.15, 0.2) is 12.4 Å². The fourth-order valence-electron chi connectivity index (χ4n) is 5.09. The van der Waals surface area contributed by atoms with E-state index >= 15 is 0 Å². The molecule has 0 saturated heterocycles. The summed E-state index contributed by atoms with van der Waals surface area (Å²) >= 11 is 12.8. The van der Waals surface area contributed by atoms with Crippen LogP contribution in [0, 0.1) is 0 Å². The van der Waals surface area contributed by atoms with Crippen molar-refractivity contribution in [2.24, 2.45) is 0 Å². The minimum absolute atomic E-state index is 0.0206. The summed E-state index contributed by atoms with van der Waals surface area (Å²) in [6, 6.07) is 30.0. The Morgan fingerprint density at radius 3 is 2.25 bits per heavy atom. The first-order chi connectivity index (χ1) is 19.3. The largest absolute Gasteiger partial charge is 0.491 e. The third-order valence-electron chi connectivity index (χ3n) is 7.12. The Hall–Kier alpha value is -3.34. The van der Waals surface area contributed by atoms with E-state index < -0.39 is 0 Å². The van der Waals surface area contributed by atoms with Gasteiger partial charge >= 0.3 is 0 Å². The summed E-state index contributed by atoms with van der Waals surface area (Å²) in [5.74, 6) is 0.852. The van der Waals surface area contributed by atoms with Gasteiger partial charge in [-0.25, -0.2) is 4.57 Å². The first kappa shape index (κ1) is 29.6. The predicted octanol–water partition coefficient (Wildman–Crippen LogP) is 7.55. The summed E-state index contributed by atoms with van der Waals surface area (Å²) in [7, 11) is 1.92. The van der Waals surface area contributed by atoms with E-state index in [-0.39, 0.29) is 24.0 Å². The number of nitrogens with zero attached hydrogens (tertiary/aromatic N) is 2. The second-order valence-electron chi connectivity index (χ2n) is 10.4. The molecule has 3 aromatic carbocycles. The Balaban J connectivity index is 1.67. The first-order valence-electron chi connectivity index (χ1n) is 13.7. The van der Waals surface area contributed by atoms with Crippen LogP contribution in [0.3, 0.4) is 0 Å². The van der Waals surface area contributed by atoms with Crippen LogP contribution in [0.2, 0.25) is 10.0 Å². The fraction of sp³-hybridized carbons (Fsp3) is 0.294.